The minimum absolute atomic E-state index is 0.627. The number of rotatable bonds is 3. The first-order valence-corrected chi connectivity index (χ1v) is 8.88. The molecule has 21 heavy (non-hydrogen) atoms. The van der Waals surface area contributed by atoms with Crippen LogP contribution in [0.3, 0.4) is 0 Å². The Hall–Kier alpha value is -0.830. The van der Waals surface area contributed by atoms with Crippen molar-refractivity contribution in [2.24, 2.45) is 11.8 Å². The van der Waals surface area contributed by atoms with Gasteiger partial charge in [-0.15, -0.1) is 0 Å². The summed E-state index contributed by atoms with van der Waals surface area (Å²) in [5.41, 5.74) is 1.28. The van der Waals surface area contributed by atoms with E-state index in [0.29, 0.717) is 6.04 Å². The van der Waals surface area contributed by atoms with E-state index in [2.05, 4.69) is 41.6 Å². The third kappa shape index (κ3) is 3.50. The standard InChI is InChI=1S/C18H31N3/c1-14(2)16-4-6-17(7-5-16)20-10-8-18(9-11-20)21-13-15(3)12-19-21/h12-14,16-18H,4-11H2,1-3H3. The Morgan fingerprint density at radius 1 is 1.00 bits per heavy atom. The number of aryl methyl sites for hydroxylation is 1. The lowest BCUT2D eigenvalue weighted by atomic mass is 9.79. The summed E-state index contributed by atoms with van der Waals surface area (Å²) in [7, 11) is 0. The smallest absolute Gasteiger partial charge is 0.0543 e. The van der Waals surface area contributed by atoms with Gasteiger partial charge in [-0.05, 0) is 62.8 Å². The van der Waals surface area contributed by atoms with E-state index in [1.807, 2.05) is 6.20 Å². The van der Waals surface area contributed by atoms with Crippen LogP contribution in [0.4, 0.5) is 0 Å². The second-order valence-corrected chi connectivity index (χ2v) is 7.58. The molecular formula is C18H31N3. The lowest BCUT2D eigenvalue weighted by Crippen LogP contribution is -2.43. The van der Waals surface area contributed by atoms with E-state index in [4.69, 9.17) is 0 Å². The van der Waals surface area contributed by atoms with Gasteiger partial charge < -0.3 is 4.90 Å². The first-order valence-electron chi connectivity index (χ1n) is 8.88. The largest absolute Gasteiger partial charge is 0.300 e. The molecule has 1 aliphatic heterocycles. The molecule has 3 rings (SSSR count). The average Bonchev–Trinajstić information content (AvgIpc) is 2.94. The Labute approximate surface area is 129 Å². The fraction of sp³-hybridized carbons (Fsp3) is 0.833. The first kappa shape index (κ1) is 15.1. The molecule has 0 spiro atoms. The van der Waals surface area contributed by atoms with Crippen molar-refractivity contribution in [3.8, 4) is 0 Å². The molecule has 1 aromatic rings. The molecule has 2 heterocycles. The highest BCUT2D eigenvalue weighted by molar-refractivity contribution is 5.01. The van der Waals surface area contributed by atoms with E-state index in [1.165, 1.54) is 57.2 Å². The Morgan fingerprint density at radius 2 is 1.67 bits per heavy atom. The van der Waals surface area contributed by atoms with Gasteiger partial charge in [0.1, 0.15) is 0 Å². The molecule has 1 saturated carbocycles. The van der Waals surface area contributed by atoms with Crippen LogP contribution < -0.4 is 0 Å². The van der Waals surface area contributed by atoms with Gasteiger partial charge in [0, 0.05) is 25.3 Å². The van der Waals surface area contributed by atoms with E-state index in [1.54, 1.807) is 0 Å². The predicted octanol–water partition coefficient (Wildman–Crippen LogP) is 4.04. The maximum absolute atomic E-state index is 4.50. The topological polar surface area (TPSA) is 21.1 Å². The van der Waals surface area contributed by atoms with Crippen molar-refractivity contribution in [3.05, 3.63) is 18.0 Å². The zero-order chi connectivity index (χ0) is 14.8. The second-order valence-electron chi connectivity index (χ2n) is 7.58. The monoisotopic (exact) mass is 289 g/mol. The molecular weight excluding hydrogens is 258 g/mol. The van der Waals surface area contributed by atoms with E-state index in [9.17, 15) is 0 Å². The van der Waals surface area contributed by atoms with Gasteiger partial charge in [-0.1, -0.05) is 13.8 Å². The Kier molecular flexibility index (Phi) is 4.68. The third-order valence-corrected chi connectivity index (χ3v) is 5.80. The van der Waals surface area contributed by atoms with Crippen molar-refractivity contribution in [3.63, 3.8) is 0 Å². The van der Waals surface area contributed by atoms with Gasteiger partial charge in [0.2, 0.25) is 0 Å². The van der Waals surface area contributed by atoms with Gasteiger partial charge in [-0.25, -0.2) is 0 Å². The molecule has 1 aliphatic carbocycles. The molecule has 0 radical (unpaired) electrons. The van der Waals surface area contributed by atoms with Gasteiger partial charge in [0.25, 0.3) is 0 Å². The van der Waals surface area contributed by atoms with Crippen molar-refractivity contribution < 1.29 is 0 Å². The maximum atomic E-state index is 4.50. The highest BCUT2D eigenvalue weighted by Crippen LogP contribution is 2.34. The Balaban J connectivity index is 1.48. The van der Waals surface area contributed by atoms with Crippen LogP contribution in [0.5, 0.6) is 0 Å². The maximum Gasteiger partial charge on any atom is 0.0543 e. The van der Waals surface area contributed by atoms with Crippen molar-refractivity contribution >= 4 is 0 Å². The number of nitrogens with zero attached hydrogens (tertiary/aromatic N) is 3. The molecule has 3 heteroatoms. The fourth-order valence-corrected chi connectivity index (χ4v) is 4.28. The normalized spacial score (nSPS) is 29.1. The van der Waals surface area contributed by atoms with Gasteiger partial charge in [-0.2, -0.15) is 5.10 Å². The molecule has 0 aromatic carbocycles. The summed E-state index contributed by atoms with van der Waals surface area (Å²) < 4.78 is 2.20. The van der Waals surface area contributed by atoms with Crippen LogP contribution in [0.25, 0.3) is 0 Å². The second kappa shape index (κ2) is 6.51. The predicted molar refractivity (Wildman–Crippen MR) is 87.4 cm³/mol. The van der Waals surface area contributed by atoms with Crippen LogP contribution in [0, 0.1) is 18.8 Å². The summed E-state index contributed by atoms with van der Waals surface area (Å²) >= 11 is 0. The highest BCUT2D eigenvalue weighted by atomic mass is 15.3. The lowest BCUT2D eigenvalue weighted by Gasteiger charge is -2.41. The number of aromatic nitrogens is 2. The highest BCUT2D eigenvalue weighted by Gasteiger charge is 2.30. The van der Waals surface area contributed by atoms with Crippen LogP contribution in [-0.2, 0) is 0 Å². The summed E-state index contributed by atoms with van der Waals surface area (Å²) in [4.78, 5) is 2.77. The minimum atomic E-state index is 0.627. The van der Waals surface area contributed by atoms with Gasteiger partial charge in [0.15, 0.2) is 0 Å². The molecule has 0 atom stereocenters. The molecule has 118 valence electrons. The quantitative estimate of drug-likeness (QED) is 0.837. The summed E-state index contributed by atoms with van der Waals surface area (Å²) in [6.07, 6.45) is 12.5. The van der Waals surface area contributed by atoms with Crippen LogP contribution >= 0.6 is 0 Å². The Bertz CT molecular complexity index is 435. The van der Waals surface area contributed by atoms with Crippen LogP contribution in [-0.4, -0.2) is 33.8 Å². The van der Waals surface area contributed by atoms with Crippen LogP contribution in [0.15, 0.2) is 12.4 Å². The molecule has 0 unspecified atom stereocenters. The van der Waals surface area contributed by atoms with Gasteiger partial charge >= 0.3 is 0 Å². The van der Waals surface area contributed by atoms with Gasteiger partial charge in [-0.3, -0.25) is 4.68 Å². The van der Waals surface area contributed by atoms with E-state index >= 15 is 0 Å². The molecule has 1 aromatic heterocycles. The van der Waals surface area contributed by atoms with Crippen LogP contribution in [0.1, 0.15) is 64.0 Å². The third-order valence-electron chi connectivity index (χ3n) is 5.80. The molecule has 0 N–H and O–H groups in total. The van der Waals surface area contributed by atoms with Crippen molar-refractivity contribution in [1.82, 2.24) is 14.7 Å². The molecule has 0 bridgehead atoms. The van der Waals surface area contributed by atoms with E-state index in [0.717, 1.165) is 17.9 Å². The number of hydrogen-bond donors (Lipinski definition) is 0. The van der Waals surface area contributed by atoms with Crippen molar-refractivity contribution in [2.75, 3.05) is 13.1 Å². The molecule has 0 amide bonds. The van der Waals surface area contributed by atoms with Crippen molar-refractivity contribution in [2.45, 2.75) is 71.4 Å². The molecule has 2 aliphatic rings. The zero-order valence-electron chi connectivity index (χ0n) is 14.0. The zero-order valence-corrected chi connectivity index (χ0v) is 14.0. The number of likely N-dealkylation sites (tertiary alicyclic amines) is 1. The molecule has 1 saturated heterocycles. The van der Waals surface area contributed by atoms with Gasteiger partial charge in [0.05, 0.1) is 12.2 Å². The minimum Gasteiger partial charge on any atom is -0.300 e. The van der Waals surface area contributed by atoms with Crippen molar-refractivity contribution in [1.29, 1.82) is 0 Å². The number of hydrogen-bond acceptors (Lipinski definition) is 2. The summed E-state index contributed by atoms with van der Waals surface area (Å²) in [5.74, 6) is 1.85. The summed E-state index contributed by atoms with van der Waals surface area (Å²) in [5, 5.41) is 4.50. The van der Waals surface area contributed by atoms with Crippen LogP contribution in [0.2, 0.25) is 0 Å². The lowest BCUT2D eigenvalue weighted by molar-refractivity contribution is 0.0864. The molecule has 3 nitrogen and oxygen atoms in total. The Morgan fingerprint density at radius 3 is 2.19 bits per heavy atom. The first-order chi connectivity index (χ1) is 10.1. The molecule has 2 fully saturated rings. The SMILES string of the molecule is Cc1cnn(C2CCN(C3CCC(C(C)C)CC3)CC2)c1. The van der Waals surface area contributed by atoms with E-state index in [-0.39, 0.29) is 0 Å². The average molecular weight is 289 g/mol. The fourth-order valence-electron chi connectivity index (χ4n) is 4.28. The van der Waals surface area contributed by atoms with E-state index < -0.39 is 0 Å². The summed E-state index contributed by atoms with van der Waals surface area (Å²) in [6.45, 7) is 9.44. The summed E-state index contributed by atoms with van der Waals surface area (Å²) in [6, 6.07) is 1.49. The number of piperidine rings is 1.